The van der Waals surface area contributed by atoms with Gasteiger partial charge in [-0.2, -0.15) is 0 Å². The van der Waals surface area contributed by atoms with Gasteiger partial charge >= 0.3 is 0 Å². The summed E-state index contributed by atoms with van der Waals surface area (Å²) >= 11 is 0. The van der Waals surface area contributed by atoms with Gasteiger partial charge in [0, 0.05) is 18.9 Å². The van der Waals surface area contributed by atoms with Gasteiger partial charge in [-0.3, -0.25) is 4.79 Å². The van der Waals surface area contributed by atoms with Crippen LogP contribution >= 0.6 is 0 Å². The van der Waals surface area contributed by atoms with E-state index < -0.39 is 0 Å². The molecule has 0 amide bonds. The molecule has 0 bridgehead atoms. The quantitative estimate of drug-likeness (QED) is 0.761. The van der Waals surface area contributed by atoms with Crippen molar-refractivity contribution < 1.29 is 9.53 Å². The maximum Gasteiger partial charge on any atom is 0.141 e. The molecule has 88 valence electrons. The highest BCUT2D eigenvalue weighted by Gasteiger charge is 2.26. The summed E-state index contributed by atoms with van der Waals surface area (Å²) in [5.41, 5.74) is 1.06. The molecule has 0 aliphatic rings. The molecule has 0 N–H and O–H groups in total. The fraction of sp³-hybridized carbons (Fsp3) is 0.500. The number of carbonyl (C=O) groups excluding carboxylic acids is 1. The van der Waals surface area contributed by atoms with Gasteiger partial charge in [0.15, 0.2) is 0 Å². The predicted octanol–water partition coefficient (Wildman–Crippen LogP) is 3.24. The Morgan fingerprint density at radius 2 is 1.69 bits per heavy atom. The summed E-state index contributed by atoms with van der Waals surface area (Å²) in [6.45, 7) is 5.79. The average Bonchev–Trinajstić information content (AvgIpc) is 2.30. The summed E-state index contributed by atoms with van der Waals surface area (Å²) in [5, 5.41) is 0. The zero-order chi connectivity index (χ0) is 12.1. The number of methoxy groups -OCH3 is 1. The van der Waals surface area contributed by atoms with E-state index in [1.807, 2.05) is 51.1 Å². The van der Waals surface area contributed by atoms with E-state index in [-0.39, 0.29) is 23.7 Å². The summed E-state index contributed by atoms with van der Waals surface area (Å²) in [5.74, 6) is 0.194. The zero-order valence-electron chi connectivity index (χ0n) is 10.4. The highest BCUT2D eigenvalue weighted by molar-refractivity contribution is 5.83. The minimum Gasteiger partial charge on any atom is -0.376 e. The van der Waals surface area contributed by atoms with Crippen LogP contribution in [0.2, 0.25) is 0 Å². The number of hydrogen-bond acceptors (Lipinski definition) is 2. The number of ether oxygens (including phenoxy) is 1. The summed E-state index contributed by atoms with van der Waals surface area (Å²) in [6.07, 6.45) is -0.143. The van der Waals surface area contributed by atoms with Crippen LogP contribution in [-0.4, -0.2) is 12.9 Å². The maximum absolute atomic E-state index is 11.9. The Morgan fingerprint density at radius 1 is 1.12 bits per heavy atom. The molecular weight excluding hydrogens is 200 g/mol. The van der Waals surface area contributed by atoms with Gasteiger partial charge in [-0.15, -0.1) is 0 Å². The molecule has 1 aromatic carbocycles. The van der Waals surface area contributed by atoms with E-state index in [4.69, 9.17) is 4.74 Å². The molecule has 0 radical (unpaired) electrons. The Bertz CT molecular complexity index is 330. The van der Waals surface area contributed by atoms with Crippen LogP contribution in [0.3, 0.4) is 0 Å². The van der Waals surface area contributed by atoms with Crippen molar-refractivity contribution >= 4 is 5.78 Å². The third kappa shape index (κ3) is 2.92. The van der Waals surface area contributed by atoms with E-state index in [2.05, 4.69) is 0 Å². The van der Waals surface area contributed by atoms with Gasteiger partial charge in [-0.25, -0.2) is 0 Å². The first-order valence-corrected chi connectivity index (χ1v) is 5.69. The maximum atomic E-state index is 11.9. The van der Waals surface area contributed by atoms with Crippen molar-refractivity contribution in [2.45, 2.75) is 26.9 Å². The van der Waals surface area contributed by atoms with Crippen LogP contribution in [0.15, 0.2) is 30.3 Å². The van der Waals surface area contributed by atoms with Gasteiger partial charge in [-0.1, -0.05) is 51.1 Å². The lowest BCUT2D eigenvalue weighted by Crippen LogP contribution is -2.24. The molecule has 1 rings (SSSR count). The van der Waals surface area contributed by atoms with Gasteiger partial charge in [0.05, 0.1) is 6.10 Å². The van der Waals surface area contributed by atoms with Gasteiger partial charge in [-0.05, 0) is 5.56 Å². The molecule has 0 aliphatic carbocycles. The third-order valence-electron chi connectivity index (χ3n) is 2.85. The minimum absolute atomic E-state index is 0.0522. The highest BCUT2D eigenvalue weighted by atomic mass is 16.5. The number of ketones is 1. The second kappa shape index (κ2) is 5.80. The lowest BCUT2D eigenvalue weighted by atomic mass is 9.88. The Hall–Kier alpha value is -1.15. The molecule has 16 heavy (non-hydrogen) atoms. The topological polar surface area (TPSA) is 26.3 Å². The van der Waals surface area contributed by atoms with Crippen molar-refractivity contribution in [3.05, 3.63) is 35.9 Å². The number of benzene rings is 1. The summed E-state index contributed by atoms with van der Waals surface area (Å²) < 4.78 is 5.45. The standard InChI is InChI=1S/C14H20O2/c1-10(2)13(15)11(3)14(16-4)12-8-6-5-7-9-12/h5-11,14H,1-4H3. The molecule has 2 nitrogen and oxygen atoms in total. The number of Topliss-reactive ketones (excluding diaryl/α,β-unsaturated/α-hetero) is 1. The minimum atomic E-state index is -0.143. The number of carbonyl (C=O) groups is 1. The van der Waals surface area contributed by atoms with E-state index in [0.29, 0.717) is 0 Å². The van der Waals surface area contributed by atoms with Crippen LogP contribution in [-0.2, 0) is 9.53 Å². The SMILES string of the molecule is COC(c1ccccc1)C(C)C(=O)C(C)C. The lowest BCUT2D eigenvalue weighted by molar-refractivity contribution is -0.129. The fourth-order valence-corrected chi connectivity index (χ4v) is 1.95. The Morgan fingerprint density at radius 3 is 2.12 bits per heavy atom. The molecule has 0 spiro atoms. The summed E-state index contributed by atoms with van der Waals surface area (Å²) in [4.78, 5) is 11.9. The molecule has 0 aromatic heterocycles. The van der Waals surface area contributed by atoms with Crippen molar-refractivity contribution in [3.63, 3.8) is 0 Å². The number of hydrogen-bond donors (Lipinski definition) is 0. The highest BCUT2D eigenvalue weighted by Crippen LogP contribution is 2.27. The van der Waals surface area contributed by atoms with Crippen molar-refractivity contribution in [1.29, 1.82) is 0 Å². The molecule has 0 saturated heterocycles. The van der Waals surface area contributed by atoms with Crippen molar-refractivity contribution in [2.75, 3.05) is 7.11 Å². The van der Waals surface area contributed by atoms with E-state index in [9.17, 15) is 4.79 Å². The largest absolute Gasteiger partial charge is 0.376 e. The van der Waals surface area contributed by atoms with Crippen LogP contribution in [0.4, 0.5) is 0 Å². The first-order chi connectivity index (χ1) is 7.57. The Kier molecular flexibility index (Phi) is 4.69. The fourth-order valence-electron chi connectivity index (χ4n) is 1.95. The first-order valence-electron chi connectivity index (χ1n) is 5.69. The second-order valence-electron chi connectivity index (χ2n) is 4.41. The van der Waals surface area contributed by atoms with Gasteiger partial charge < -0.3 is 4.74 Å². The first kappa shape index (κ1) is 12.9. The molecule has 0 heterocycles. The van der Waals surface area contributed by atoms with Crippen molar-refractivity contribution in [1.82, 2.24) is 0 Å². The van der Waals surface area contributed by atoms with E-state index in [1.54, 1.807) is 7.11 Å². The summed E-state index contributed by atoms with van der Waals surface area (Å²) in [6, 6.07) is 9.89. The van der Waals surface area contributed by atoms with Gasteiger partial charge in [0.1, 0.15) is 5.78 Å². The molecule has 2 atom stereocenters. The van der Waals surface area contributed by atoms with Gasteiger partial charge in [0.2, 0.25) is 0 Å². The van der Waals surface area contributed by atoms with Crippen LogP contribution < -0.4 is 0 Å². The number of rotatable bonds is 5. The lowest BCUT2D eigenvalue weighted by Gasteiger charge is -2.23. The van der Waals surface area contributed by atoms with Crippen LogP contribution in [0.25, 0.3) is 0 Å². The summed E-state index contributed by atoms with van der Waals surface area (Å²) in [7, 11) is 1.65. The van der Waals surface area contributed by atoms with Crippen molar-refractivity contribution in [3.8, 4) is 0 Å². The Labute approximate surface area is 97.6 Å². The normalized spacial score (nSPS) is 14.8. The molecular formula is C14H20O2. The monoisotopic (exact) mass is 220 g/mol. The van der Waals surface area contributed by atoms with E-state index >= 15 is 0 Å². The molecule has 0 saturated carbocycles. The third-order valence-corrected chi connectivity index (χ3v) is 2.85. The van der Waals surface area contributed by atoms with Crippen molar-refractivity contribution in [2.24, 2.45) is 11.8 Å². The van der Waals surface area contributed by atoms with E-state index in [0.717, 1.165) is 5.56 Å². The molecule has 0 aliphatic heterocycles. The second-order valence-corrected chi connectivity index (χ2v) is 4.41. The van der Waals surface area contributed by atoms with Crippen LogP contribution in [0.5, 0.6) is 0 Å². The molecule has 1 aromatic rings. The van der Waals surface area contributed by atoms with E-state index in [1.165, 1.54) is 0 Å². The predicted molar refractivity (Wildman–Crippen MR) is 65.2 cm³/mol. The zero-order valence-corrected chi connectivity index (χ0v) is 10.4. The van der Waals surface area contributed by atoms with Crippen LogP contribution in [0, 0.1) is 11.8 Å². The Balaban J connectivity index is 2.87. The average molecular weight is 220 g/mol. The molecule has 2 heteroatoms. The molecule has 2 unspecified atom stereocenters. The molecule has 0 fully saturated rings. The smallest absolute Gasteiger partial charge is 0.141 e. The van der Waals surface area contributed by atoms with Crippen LogP contribution in [0.1, 0.15) is 32.4 Å². The van der Waals surface area contributed by atoms with Gasteiger partial charge in [0.25, 0.3) is 0 Å².